The summed E-state index contributed by atoms with van der Waals surface area (Å²) in [5.74, 6) is 0.738. The average Bonchev–Trinajstić information content (AvgIpc) is 2.44. The van der Waals surface area contributed by atoms with Crippen molar-refractivity contribution in [2.24, 2.45) is 0 Å². The molecule has 114 valence electrons. The topological polar surface area (TPSA) is 37.4 Å². The van der Waals surface area contributed by atoms with Gasteiger partial charge in [0.25, 0.3) is 5.91 Å². The monoisotopic (exact) mass is 305 g/mol. The Morgan fingerprint density at radius 2 is 1.86 bits per heavy atom. The minimum absolute atomic E-state index is 0.0826. The highest BCUT2D eigenvalue weighted by Gasteiger charge is 2.43. The van der Waals surface area contributed by atoms with Gasteiger partial charge in [0.15, 0.2) is 0 Å². The molecule has 2 amide bonds. The number of nitrogens with zero attached hydrogens (tertiary/aromatic N) is 1. The maximum Gasteiger partial charge on any atom is 0.260 e. The van der Waals surface area contributed by atoms with Gasteiger partial charge in [-0.25, -0.2) is 0 Å². The van der Waals surface area contributed by atoms with Gasteiger partial charge >= 0.3 is 0 Å². The normalized spacial score (nSPS) is 17.3. The molecule has 0 N–H and O–H groups in total. The number of carbonyl (C=O) groups is 2. The summed E-state index contributed by atoms with van der Waals surface area (Å²) in [6, 6.07) is 7.45. The number of rotatable bonds is 5. The summed E-state index contributed by atoms with van der Waals surface area (Å²) in [6.45, 7) is 8.62. The molecule has 2 rings (SSSR count). The van der Waals surface area contributed by atoms with E-state index in [1.54, 1.807) is 0 Å². The van der Waals surface area contributed by atoms with Crippen LogP contribution >= 0.6 is 11.8 Å². The van der Waals surface area contributed by atoms with Crippen molar-refractivity contribution < 1.29 is 9.59 Å². The second-order valence-corrected chi connectivity index (χ2v) is 7.89. The van der Waals surface area contributed by atoms with Crippen LogP contribution in [0.5, 0.6) is 0 Å². The number of carbonyl (C=O) groups excluding carboxylic acids is 2. The van der Waals surface area contributed by atoms with Gasteiger partial charge in [-0.2, -0.15) is 11.8 Å². The number of thioether (sulfide) groups is 1. The number of amides is 2. The Balaban J connectivity index is 2.17. The van der Waals surface area contributed by atoms with Crippen LogP contribution in [0.25, 0.3) is 0 Å². The fraction of sp³-hybridized carbons (Fsp3) is 0.529. The Kier molecular flexibility index (Phi) is 4.77. The lowest BCUT2D eigenvalue weighted by Crippen LogP contribution is -2.52. The molecule has 21 heavy (non-hydrogen) atoms. The quantitative estimate of drug-likeness (QED) is 0.617. The third kappa shape index (κ3) is 3.15. The van der Waals surface area contributed by atoms with Crippen LogP contribution in [0.1, 0.15) is 50.0 Å². The van der Waals surface area contributed by atoms with Crippen molar-refractivity contribution in [3.8, 4) is 0 Å². The van der Waals surface area contributed by atoms with Crippen LogP contribution in [0.15, 0.2) is 24.3 Å². The lowest BCUT2D eigenvalue weighted by atomic mass is 9.77. The largest absolute Gasteiger partial charge is 0.278 e. The lowest BCUT2D eigenvalue weighted by molar-refractivity contribution is -0.134. The first-order valence-electron chi connectivity index (χ1n) is 7.43. The van der Waals surface area contributed by atoms with Gasteiger partial charge in [0.05, 0.1) is 5.41 Å². The van der Waals surface area contributed by atoms with Crippen LogP contribution in [-0.2, 0) is 10.2 Å². The lowest BCUT2D eigenvalue weighted by Gasteiger charge is -2.37. The summed E-state index contributed by atoms with van der Waals surface area (Å²) in [5.41, 5.74) is 0.877. The van der Waals surface area contributed by atoms with Gasteiger partial charge in [-0.05, 0) is 42.9 Å². The van der Waals surface area contributed by atoms with Crippen molar-refractivity contribution in [2.75, 3.05) is 12.3 Å². The predicted octanol–water partition coefficient (Wildman–Crippen LogP) is 3.48. The van der Waals surface area contributed by atoms with E-state index in [2.05, 4.69) is 13.8 Å². The molecule has 0 aromatic heterocycles. The molecule has 1 heterocycles. The van der Waals surface area contributed by atoms with Crippen LogP contribution < -0.4 is 0 Å². The Labute approximate surface area is 131 Å². The Morgan fingerprint density at radius 3 is 2.52 bits per heavy atom. The summed E-state index contributed by atoms with van der Waals surface area (Å²) in [4.78, 5) is 26.6. The highest BCUT2D eigenvalue weighted by Crippen LogP contribution is 2.34. The minimum atomic E-state index is -0.629. The zero-order valence-corrected chi connectivity index (χ0v) is 14.0. The van der Waals surface area contributed by atoms with E-state index >= 15 is 0 Å². The second-order valence-electron chi connectivity index (χ2n) is 6.21. The molecule has 0 saturated carbocycles. The molecule has 4 heteroatoms. The van der Waals surface area contributed by atoms with Crippen LogP contribution in [0, 0.1) is 0 Å². The van der Waals surface area contributed by atoms with Crippen molar-refractivity contribution in [3.63, 3.8) is 0 Å². The molecular formula is C17H23NO2S. The van der Waals surface area contributed by atoms with Gasteiger partial charge in [0.2, 0.25) is 5.91 Å². The summed E-state index contributed by atoms with van der Waals surface area (Å²) in [7, 11) is 0. The van der Waals surface area contributed by atoms with E-state index in [0.717, 1.165) is 17.7 Å². The molecule has 0 bridgehead atoms. The molecule has 0 fully saturated rings. The summed E-state index contributed by atoms with van der Waals surface area (Å²) in [6.07, 6.45) is 0.846. The smallest absolute Gasteiger partial charge is 0.260 e. The van der Waals surface area contributed by atoms with Crippen LogP contribution in [0.4, 0.5) is 0 Å². The van der Waals surface area contributed by atoms with Gasteiger partial charge in [-0.15, -0.1) is 0 Å². The van der Waals surface area contributed by atoms with Crippen molar-refractivity contribution >= 4 is 23.6 Å². The Hall–Kier alpha value is -1.29. The highest BCUT2D eigenvalue weighted by molar-refractivity contribution is 7.99. The minimum Gasteiger partial charge on any atom is -0.278 e. The van der Waals surface area contributed by atoms with Gasteiger partial charge < -0.3 is 0 Å². The first-order chi connectivity index (χ1) is 9.85. The number of hydrogen-bond acceptors (Lipinski definition) is 3. The zero-order chi connectivity index (χ0) is 15.6. The first kappa shape index (κ1) is 16.1. The van der Waals surface area contributed by atoms with E-state index in [-0.39, 0.29) is 11.8 Å². The molecule has 1 aromatic carbocycles. The molecule has 1 aliphatic rings. The van der Waals surface area contributed by atoms with Crippen LogP contribution in [-0.4, -0.2) is 34.3 Å². The van der Waals surface area contributed by atoms with Crippen molar-refractivity contribution in [2.45, 2.75) is 44.8 Å². The van der Waals surface area contributed by atoms with Crippen molar-refractivity contribution in [1.29, 1.82) is 0 Å². The van der Waals surface area contributed by atoms with E-state index in [0.29, 0.717) is 17.4 Å². The standard InChI is InChI=1S/C17H23NO2S/c1-12(2)21-11-7-10-18-15(19)13-8-5-6-9-14(13)17(3,4)16(18)20/h5-6,8-9,12H,7,10-11H2,1-4H3. The molecule has 0 aliphatic carbocycles. The molecule has 0 spiro atoms. The van der Waals surface area contributed by atoms with Crippen LogP contribution in [0.3, 0.4) is 0 Å². The fourth-order valence-electron chi connectivity index (χ4n) is 2.65. The first-order valence-corrected chi connectivity index (χ1v) is 8.48. The molecule has 0 radical (unpaired) electrons. The molecule has 1 aliphatic heterocycles. The highest BCUT2D eigenvalue weighted by atomic mass is 32.2. The number of imide groups is 1. The molecule has 0 atom stereocenters. The number of fused-ring (bicyclic) bond motifs is 1. The van der Waals surface area contributed by atoms with Gasteiger partial charge in [0.1, 0.15) is 0 Å². The Morgan fingerprint density at radius 1 is 1.19 bits per heavy atom. The molecule has 0 saturated heterocycles. The average molecular weight is 305 g/mol. The zero-order valence-electron chi connectivity index (χ0n) is 13.2. The maximum atomic E-state index is 12.6. The van der Waals surface area contributed by atoms with E-state index < -0.39 is 5.41 Å². The van der Waals surface area contributed by atoms with E-state index in [1.165, 1.54) is 4.90 Å². The van der Waals surface area contributed by atoms with Gasteiger partial charge in [-0.3, -0.25) is 14.5 Å². The van der Waals surface area contributed by atoms with Crippen molar-refractivity contribution in [3.05, 3.63) is 35.4 Å². The molecular weight excluding hydrogens is 282 g/mol. The summed E-state index contributed by atoms with van der Waals surface area (Å²) >= 11 is 1.86. The third-order valence-electron chi connectivity index (χ3n) is 3.83. The molecule has 3 nitrogen and oxygen atoms in total. The fourth-order valence-corrected chi connectivity index (χ4v) is 3.42. The SMILES string of the molecule is CC(C)SCCCN1C(=O)c2ccccc2C(C)(C)C1=O. The molecule has 1 aromatic rings. The van der Waals surface area contributed by atoms with E-state index in [1.807, 2.05) is 49.9 Å². The third-order valence-corrected chi connectivity index (χ3v) is 5.02. The number of benzene rings is 1. The van der Waals surface area contributed by atoms with Gasteiger partial charge in [-0.1, -0.05) is 32.0 Å². The summed E-state index contributed by atoms with van der Waals surface area (Å²) in [5, 5.41) is 0.579. The van der Waals surface area contributed by atoms with Crippen LogP contribution in [0.2, 0.25) is 0 Å². The van der Waals surface area contributed by atoms with Gasteiger partial charge in [0, 0.05) is 12.1 Å². The summed E-state index contributed by atoms with van der Waals surface area (Å²) < 4.78 is 0. The molecule has 0 unspecified atom stereocenters. The Bertz CT molecular complexity index is 551. The van der Waals surface area contributed by atoms with E-state index in [4.69, 9.17) is 0 Å². The maximum absolute atomic E-state index is 12.6. The van der Waals surface area contributed by atoms with E-state index in [9.17, 15) is 9.59 Å². The number of hydrogen-bond donors (Lipinski definition) is 0. The predicted molar refractivity (Wildman–Crippen MR) is 87.7 cm³/mol. The second kappa shape index (κ2) is 6.22. The van der Waals surface area contributed by atoms with Crippen molar-refractivity contribution in [1.82, 2.24) is 4.90 Å².